The Hall–Kier alpha value is -1.89. The number of nitrogens with one attached hydrogen (secondary N) is 1. The summed E-state index contributed by atoms with van der Waals surface area (Å²) in [5.41, 5.74) is 0.888. The molecule has 2 N–H and O–H groups in total. The van der Waals surface area contributed by atoms with Crippen molar-refractivity contribution in [2.24, 2.45) is 0 Å². The Balaban J connectivity index is 2.02. The Bertz CT molecular complexity index is 550. The summed E-state index contributed by atoms with van der Waals surface area (Å²) in [6, 6.07) is 1.44. The second-order valence-corrected chi connectivity index (χ2v) is 5.73. The van der Waals surface area contributed by atoms with Crippen LogP contribution in [0.25, 0.3) is 0 Å². The molecular formula is C13H20N4O3. The molecule has 1 atom stereocenters. The van der Waals surface area contributed by atoms with Gasteiger partial charge in [-0.2, -0.15) is 5.10 Å². The van der Waals surface area contributed by atoms with Crippen LogP contribution in [0.1, 0.15) is 25.2 Å². The van der Waals surface area contributed by atoms with Crippen LogP contribution >= 0.6 is 0 Å². The Morgan fingerprint density at radius 1 is 1.35 bits per heavy atom. The average Bonchev–Trinajstić information content (AvgIpc) is 2.71. The van der Waals surface area contributed by atoms with Crippen molar-refractivity contribution in [1.29, 1.82) is 0 Å². The van der Waals surface area contributed by atoms with Gasteiger partial charge < -0.3 is 10.4 Å². The van der Waals surface area contributed by atoms with E-state index < -0.39 is 17.7 Å². The van der Waals surface area contributed by atoms with Gasteiger partial charge in [-0.3, -0.25) is 14.4 Å². The molecule has 1 saturated heterocycles. The molecule has 0 aliphatic carbocycles. The highest BCUT2D eigenvalue weighted by molar-refractivity contribution is 6.06. The fourth-order valence-electron chi connectivity index (χ4n) is 2.31. The third-order valence-corrected chi connectivity index (χ3v) is 3.32. The summed E-state index contributed by atoms with van der Waals surface area (Å²) in [4.78, 5) is 24.8. The summed E-state index contributed by atoms with van der Waals surface area (Å²) in [7, 11) is 0. The molecule has 1 fully saturated rings. The normalized spacial score (nSPS) is 19.4. The van der Waals surface area contributed by atoms with Crippen LogP contribution in [0.3, 0.4) is 0 Å². The second kappa shape index (κ2) is 4.90. The number of urea groups is 1. The predicted molar refractivity (Wildman–Crippen MR) is 72.0 cm³/mol. The number of rotatable bonds is 4. The van der Waals surface area contributed by atoms with Crippen molar-refractivity contribution in [2.75, 3.05) is 6.54 Å². The van der Waals surface area contributed by atoms with Gasteiger partial charge in [0.2, 0.25) is 0 Å². The van der Waals surface area contributed by atoms with Crippen LogP contribution in [0.15, 0.2) is 6.07 Å². The van der Waals surface area contributed by atoms with Crippen molar-refractivity contribution in [3.05, 3.63) is 17.5 Å². The molecule has 0 saturated carbocycles. The highest BCUT2D eigenvalue weighted by Crippen LogP contribution is 2.17. The Morgan fingerprint density at radius 2 is 2.00 bits per heavy atom. The van der Waals surface area contributed by atoms with Gasteiger partial charge in [0.1, 0.15) is 5.54 Å². The number of β-amino-alcohol motifs (C(OH)–C–C–N with tert-alkyl or cyclic N) is 1. The number of nitrogens with zero attached hydrogens (tertiary/aromatic N) is 3. The summed E-state index contributed by atoms with van der Waals surface area (Å²) < 4.78 is 1.67. The standard InChI is InChI=1S/C13H20N4O3/c1-8-5-9(2)17(15-8)7-10(18)6-16-11(19)13(3,4)14-12(16)20/h5,10,18H,6-7H2,1-4H3,(H,14,20)/t10-/m0/s1. The first-order chi connectivity index (χ1) is 9.20. The van der Waals surface area contributed by atoms with Crippen molar-refractivity contribution < 1.29 is 14.7 Å². The van der Waals surface area contributed by atoms with Gasteiger partial charge >= 0.3 is 6.03 Å². The molecule has 0 aromatic carbocycles. The molecule has 0 bridgehead atoms. The van der Waals surface area contributed by atoms with Crippen LogP contribution in [0.5, 0.6) is 0 Å². The predicted octanol–water partition coefficient (Wildman–Crippen LogP) is 0.191. The zero-order valence-electron chi connectivity index (χ0n) is 12.2. The maximum Gasteiger partial charge on any atom is 0.325 e. The molecule has 1 aliphatic heterocycles. The fourth-order valence-corrected chi connectivity index (χ4v) is 2.31. The van der Waals surface area contributed by atoms with Crippen LogP contribution in [-0.2, 0) is 11.3 Å². The molecular weight excluding hydrogens is 260 g/mol. The number of aliphatic hydroxyl groups excluding tert-OH is 1. The summed E-state index contributed by atoms with van der Waals surface area (Å²) >= 11 is 0. The Morgan fingerprint density at radius 3 is 2.45 bits per heavy atom. The van der Waals surface area contributed by atoms with E-state index in [0.29, 0.717) is 0 Å². The number of imide groups is 1. The number of aliphatic hydroxyl groups is 1. The highest BCUT2D eigenvalue weighted by Gasteiger charge is 2.44. The minimum Gasteiger partial charge on any atom is -0.389 e. The van der Waals surface area contributed by atoms with Crippen molar-refractivity contribution in [1.82, 2.24) is 20.0 Å². The molecule has 1 aromatic rings. The molecule has 2 rings (SSSR count). The van der Waals surface area contributed by atoms with E-state index in [1.54, 1.807) is 18.5 Å². The van der Waals surface area contributed by atoms with E-state index in [2.05, 4.69) is 10.4 Å². The second-order valence-electron chi connectivity index (χ2n) is 5.73. The van der Waals surface area contributed by atoms with Gasteiger partial charge in [0.15, 0.2) is 0 Å². The minimum absolute atomic E-state index is 0.0353. The smallest absolute Gasteiger partial charge is 0.325 e. The zero-order chi connectivity index (χ0) is 15.1. The van der Waals surface area contributed by atoms with Gasteiger partial charge in [-0.05, 0) is 33.8 Å². The molecule has 1 aromatic heterocycles. The molecule has 1 aliphatic rings. The molecule has 110 valence electrons. The number of hydrogen-bond donors (Lipinski definition) is 2. The maximum atomic E-state index is 12.0. The van der Waals surface area contributed by atoms with Crippen LogP contribution in [0, 0.1) is 13.8 Å². The van der Waals surface area contributed by atoms with Crippen molar-refractivity contribution in [2.45, 2.75) is 45.9 Å². The van der Waals surface area contributed by atoms with E-state index in [-0.39, 0.29) is 19.0 Å². The van der Waals surface area contributed by atoms with Crippen LogP contribution in [-0.4, -0.2) is 49.9 Å². The summed E-state index contributed by atoms with van der Waals surface area (Å²) in [5, 5.41) is 16.9. The Kier molecular flexibility index (Phi) is 3.56. The lowest BCUT2D eigenvalue weighted by atomic mass is 10.1. The monoisotopic (exact) mass is 280 g/mol. The molecule has 7 heteroatoms. The lowest BCUT2D eigenvalue weighted by molar-refractivity contribution is -0.131. The van der Waals surface area contributed by atoms with E-state index in [1.807, 2.05) is 19.9 Å². The minimum atomic E-state index is -0.908. The molecule has 0 radical (unpaired) electrons. The summed E-state index contributed by atoms with van der Waals surface area (Å²) in [6.07, 6.45) is -0.850. The first kappa shape index (κ1) is 14.5. The number of carbonyl (C=O) groups is 2. The van der Waals surface area contributed by atoms with Gasteiger partial charge in [-0.15, -0.1) is 0 Å². The molecule has 2 heterocycles. The topological polar surface area (TPSA) is 87.5 Å². The molecule has 0 spiro atoms. The first-order valence-electron chi connectivity index (χ1n) is 6.54. The van der Waals surface area contributed by atoms with Gasteiger partial charge in [0, 0.05) is 5.69 Å². The van der Waals surface area contributed by atoms with Crippen molar-refractivity contribution >= 4 is 11.9 Å². The zero-order valence-corrected chi connectivity index (χ0v) is 12.2. The molecule has 20 heavy (non-hydrogen) atoms. The van der Waals surface area contributed by atoms with Crippen LogP contribution in [0.2, 0.25) is 0 Å². The third kappa shape index (κ3) is 2.67. The summed E-state index contributed by atoms with van der Waals surface area (Å²) in [6.45, 7) is 7.25. The van der Waals surface area contributed by atoms with Crippen molar-refractivity contribution in [3.8, 4) is 0 Å². The number of carbonyl (C=O) groups excluding carboxylic acids is 2. The van der Waals surface area contributed by atoms with Gasteiger partial charge in [-0.1, -0.05) is 0 Å². The van der Waals surface area contributed by atoms with Gasteiger partial charge in [0.25, 0.3) is 5.91 Å². The quantitative estimate of drug-likeness (QED) is 0.771. The van der Waals surface area contributed by atoms with Crippen LogP contribution in [0.4, 0.5) is 4.79 Å². The number of aryl methyl sites for hydroxylation is 2. The maximum absolute atomic E-state index is 12.0. The van der Waals surface area contributed by atoms with Gasteiger partial charge in [0.05, 0.1) is 24.9 Å². The average molecular weight is 280 g/mol. The largest absolute Gasteiger partial charge is 0.389 e. The third-order valence-electron chi connectivity index (χ3n) is 3.32. The molecule has 3 amide bonds. The van der Waals surface area contributed by atoms with Crippen molar-refractivity contribution in [3.63, 3.8) is 0 Å². The molecule has 0 unspecified atom stereocenters. The Labute approximate surface area is 117 Å². The molecule has 7 nitrogen and oxygen atoms in total. The number of hydrogen-bond acceptors (Lipinski definition) is 4. The van der Waals surface area contributed by atoms with Crippen LogP contribution < -0.4 is 5.32 Å². The SMILES string of the molecule is Cc1cc(C)n(C[C@@H](O)CN2C(=O)NC(C)(C)C2=O)n1. The first-order valence-corrected chi connectivity index (χ1v) is 6.54. The van der Waals surface area contributed by atoms with E-state index in [0.717, 1.165) is 16.3 Å². The van der Waals surface area contributed by atoms with E-state index >= 15 is 0 Å². The lowest BCUT2D eigenvalue weighted by Crippen LogP contribution is -2.42. The number of aromatic nitrogens is 2. The summed E-state index contributed by atoms with van der Waals surface area (Å²) in [5.74, 6) is -0.324. The van der Waals surface area contributed by atoms with E-state index in [4.69, 9.17) is 0 Å². The van der Waals surface area contributed by atoms with E-state index in [9.17, 15) is 14.7 Å². The van der Waals surface area contributed by atoms with E-state index in [1.165, 1.54) is 0 Å². The van der Waals surface area contributed by atoms with Gasteiger partial charge in [-0.25, -0.2) is 4.79 Å². The lowest BCUT2D eigenvalue weighted by Gasteiger charge is -2.19. The fraction of sp³-hybridized carbons (Fsp3) is 0.615. The number of amides is 3. The highest BCUT2D eigenvalue weighted by atomic mass is 16.3.